The van der Waals surface area contributed by atoms with Crippen LogP contribution in [0, 0.1) is 10.1 Å². The van der Waals surface area contributed by atoms with E-state index in [2.05, 4.69) is 25.8 Å². The maximum atomic E-state index is 12.4. The number of aromatic amines is 1. The van der Waals surface area contributed by atoms with Crippen molar-refractivity contribution in [2.45, 2.75) is 0 Å². The third-order valence-corrected chi connectivity index (χ3v) is 4.85. The second-order valence-electron chi connectivity index (χ2n) is 5.67. The molecule has 140 valence electrons. The molecule has 28 heavy (non-hydrogen) atoms. The van der Waals surface area contributed by atoms with Crippen molar-refractivity contribution in [3.05, 3.63) is 68.9 Å². The first-order chi connectivity index (χ1) is 13.5. The Balaban J connectivity index is 1.49. The third-order valence-electron chi connectivity index (χ3n) is 3.89. The van der Waals surface area contributed by atoms with Crippen LogP contribution in [-0.2, 0) is 0 Å². The average Bonchev–Trinajstić information content (AvgIpc) is 3.32. The summed E-state index contributed by atoms with van der Waals surface area (Å²) in [6, 6.07) is 9.65. The number of H-pyrrole nitrogens is 1. The standard InChI is InChI=1S/C17H11ClN6O3S/c18-14-7-9(4-5-19-14)12-8-28-17(21-12)23-22-16(25)11-6-10-2-1-3-13(24(26)27)15(10)20-11/h1-8,20H,(H,21,23)(H,22,25). The number of fused-ring (bicyclic) bond motifs is 1. The Bertz CT molecular complexity index is 1200. The van der Waals surface area contributed by atoms with Crippen molar-refractivity contribution in [3.63, 3.8) is 0 Å². The summed E-state index contributed by atoms with van der Waals surface area (Å²) < 4.78 is 0. The minimum atomic E-state index is -0.499. The molecule has 3 N–H and O–H groups in total. The van der Waals surface area contributed by atoms with Crippen molar-refractivity contribution in [1.82, 2.24) is 20.4 Å². The predicted molar refractivity (Wildman–Crippen MR) is 106 cm³/mol. The first-order valence-electron chi connectivity index (χ1n) is 7.91. The number of anilines is 1. The first kappa shape index (κ1) is 17.9. The topological polar surface area (TPSA) is 126 Å². The van der Waals surface area contributed by atoms with Crippen LogP contribution in [0.1, 0.15) is 10.5 Å². The SMILES string of the molecule is O=C(NNc1nc(-c2ccnc(Cl)c2)cs1)c1cc2cccc([N+](=O)[O-])c2[nH]1. The van der Waals surface area contributed by atoms with Gasteiger partial charge in [0.05, 0.1) is 10.6 Å². The summed E-state index contributed by atoms with van der Waals surface area (Å²) >= 11 is 7.18. The van der Waals surface area contributed by atoms with E-state index in [1.165, 1.54) is 17.4 Å². The number of nitro groups is 1. The summed E-state index contributed by atoms with van der Waals surface area (Å²) in [6.07, 6.45) is 1.58. The molecule has 0 bridgehead atoms. The summed E-state index contributed by atoms with van der Waals surface area (Å²) in [5.74, 6) is -0.478. The van der Waals surface area contributed by atoms with Crippen molar-refractivity contribution in [2.24, 2.45) is 0 Å². The van der Waals surface area contributed by atoms with E-state index in [9.17, 15) is 14.9 Å². The van der Waals surface area contributed by atoms with E-state index in [1.807, 2.05) is 5.38 Å². The van der Waals surface area contributed by atoms with Gasteiger partial charge in [-0.3, -0.25) is 25.8 Å². The van der Waals surface area contributed by atoms with Gasteiger partial charge in [0.2, 0.25) is 5.13 Å². The number of aromatic nitrogens is 3. The molecule has 3 aromatic heterocycles. The molecule has 0 fully saturated rings. The van der Waals surface area contributed by atoms with E-state index in [4.69, 9.17) is 11.6 Å². The molecule has 4 aromatic rings. The van der Waals surface area contributed by atoms with Crippen LogP contribution in [0.25, 0.3) is 22.2 Å². The molecule has 3 heterocycles. The second-order valence-corrected chi connectivity index (χ2v) is 6.91. The lowest BCUT2D eigenvalue weighted by Crippen LogP contribution is -2.29. The number of hydrogen-bond donors (Lipinski definition) is 3. The number of non-ortho nitro benzene ring substituents is 1. The number of amides is 1. The molecular formula is C17H11ClN6O3S. The lowest BCUT2D eigenvalue weighted by molar-refractivity contribution is -0.383. The van der Waals surface area contributed by atoms with Gasteiger partial charge >= 0.3 is 0 Å². The molecule has 0 spiro atoms. The van der Waals surface area contributed by atoms with Crippen molar-refractivity contribution in [3.8, 4) is 11.3 Å². The van der Waals surface area contributed by atoms with Gasteiger partial charge < -0.3 is 4.98 Å². The minimum Gasteiger partial charge on any atom is -0.345 e. The highest BCUT2D eigenvalue weighted by atomic mass is 35.5. The predicted octanol–water partition coefficient (Wildman–Crippen LogP) is 4.00. The van der Waals surface area contributed by atoms with Gasteiger partial charge in [0.15, 0.2) is 0 Å². The van der Waals surface area contributed by atoms with E-state index in [-0.39, 0.29) is 11.4 Å². The maximum Gasteiger partial charge on any atom is 0.293 e. The van der Waals surface area contributed by atoms with Gasteiger partial charge in [-0.1, -0.05) is 23.7 Å². The number of pyridine rings is 1. The molecule has 9 nitrogen and oxygen atoms in total. The first-order valence-corrected chi connectivity index (χ1v) is 9.17. The Labute approximate surface area is 166 Å². The van der Waals surface area contributed by atoms with Gasteiger partial charge in [-0.05, 0) is 18.2 Å². The number of nitrogens with one attached hydrogen (secondary N) is 3. The van der Waals surface area contributed by atoms with Crippen molar-refractivity contribution >= 4 is 50.6 Å². The van der Waals surface area contributed by atoms with Crippen LogP contribution < -0.4 is 10.9 Å². The average molecular weight is 415 g/mol. The third kappa shape index (κ3) is 3.50. The molecule has 1 aromatic carbocycles. The van der Waals surface area contributed by atoms with E-state index in [0.29, 0.717) is 26.9 Å². The van der Waals surface area contributed by atoms with Gasteiger partial charge in [0, 0.05) is 28.6 Å². The van der Waals surface area contributed by atoms with E-state index in [0.717, 1.165) is 5.56 Å². The molecular weight excluding hydrogens is 404 g/mol. The monoisotopic (exact) mass is 414 g/mol. The molecule has 0 aliphatic rings. The fraction of sp³-hybridized carbons (Fsp3) is 0. The molecule has 11 heteroatoms. The molecule has 1 amide bonds. The van der Waals surface area contributed by atoms with Crippen LogP contribution in [0.4, 0.5) is 10.8 Å². The second kappa shape index (κ2) is 7.25. The number of nitrogens with zero attached hydrogens (tertiary/aromatic N) is 3. The number of thiazole rings is 1. The number of hydrogen-bond acceptors (Lipinski definition) is 7. The number of nitro benzene ring substituents is 1. The fourth-order valence-electron chi connectivity index (χ4n) is 2.62. The number of benzene rings is 1. The number of halogens is 1. The molecule has 0 aliphatic carbocycles. The van der Waals surface area contributed by atoms with Gasteiger partial charge in [-0.15, -0.1) is 11.3 Å². The summed E-state index contributed by atoms with van der Waals surface area (Å²) in [6.45, 7) is 0. The van der Waals surface area contributed by atoms with Crippen LogP contribution in [0.5, 0.6) is 0 Å². The largest absolute Gasteiger partial charge is 0.345 e. The Kier molecular flexibility index (Phi) is 4.63. The molecule has 0 radical (unpaired) electrons. The zero-order chi connectivity index (χ0) is 19.7. The zero-order valence-electron chi connectivity index (χ0n) is 14.0. The van der Waals surface area contributed by atoms with Crippen LogP contribution in [0.2, 0.25) is 5.15 Å². The quantitative estimate of drug-likeness (QED) is 0.257. The number of rotatable bonds is 5. The molecule has 0 unspecified atom stereocenters. The minimum absolute atomic E-state index is 0.0925. The summed E-state index contributed by atoms with van der Waals surface area (Å²) in [5.41, 5.74) is 7.14. The van der Waals surface area contributed by atoms with Crippen molar-refractivity contribution in [1.29, 1.82) is 0 Å². The Morgan fingerprint density at radius 2 is 2.14 bits per heavy atom. The normalized spacial score (nSPS) is 10.8. The Morgan fingerprint density at radius 1 is 1.29 bits per heavy atom. The lowest BCUT2D eigenvalue weighted by atomic mass is 10.2. The van der Waals surface area contributed by atoms with E-state index >= 15 is 0 Å². The molecule has 0 saturated carbocycles. The van der Waals surface area contributed by atoms with Gasteiger partial charge in [0.1, 0.15) is 16.4 Å². The molecule has 4 rings (SSSR count). The molecule has 0 aliphatic heterocycles. The summed E-state index contributed by atoms with van der Waals surface area (Å²) in [5, 5.41) is 14.3. The number of hydrazine groups is 1. The summed E-state index contributed by atoms with van der Waals surface area (Å²) in [4.78, 5) is 34.1. The van der Waals surface area contributed by atoms with Crippen LogP contribution in [-0.4, -0.2) is 25.8 Å². The van der Waals surface area contributed by atoms with Crippen molar-refractivity contribution in [2.75, 3.05) is 5.43 Å². The van der Waals surface area contributed by atoms with E-state index in [1.54, 1.807) is 36.5 Å². The molecule has 0 saturated heterocycles. The van der Waals surface area contributed by atoms with Gasteiger partial charge in [-0.25, -0.2) is 9.97 Å². The zero-order valence-corrected chi connectivity index (χ0v) is 15.5. The number of para-hydroxylation sites is 1. The highest BCUT2D eigenvalue weighted by Gasteiger charge is 2.17. The lowest BCUT2D eigenvalue weighted by Gasteiger charge is -2.03. The fourth-order valence-corrected chi connectivity index (χ4v) is 3.46. The highest BCUT2D eigenvalue weighted by molar-refractivity contribution is 7.14. The summed E-state index contributed by atoms with van der Waals surface area (Å²) in [7, 11) is 0. The van der Waals surface area contributed by atoms with Crippen LogP contribution in [0.15, 0.2) is 48.0 Å². The van der Waals surface area contributed by atoms with Crippen LogP contribution >= 0.6 is 22.9 Å². The Morgan fingerprint density at radius 3 is 2.93 bits per heavy atom. The van der Waals surface area contributed by atoms with E-state index < -0.39 is 10.8 Å². The highest BCUT2D eigenvalue weighted by Crippen LogP contribution is 2.27. The van der Waals surface area contributed by atoms with Gasteiger partial charge in [0.25, 0.3) is 11.6 Å². The number of carbonyl (C=O) groups excluding carboxylic acids is 1. The van der Waals surface area contributed by atoms with Crippen molar-refractivity contribution < 1.29 is 9.72 Å². The Hall–Kier alpha value is -3.50. The smallest absolute Gasteiger partial charge is 0.293 e. The molecule has 0 atom stereocenters. The van der Waals surface area contributed by atoms with Gasteiger partial charge in [-0.2, -0.15) is 0 Å². The number of carbonyl (C=O) groups is 1. The maximum absolute atomic E-state index is 12.4. The van der Waals surface area contributed by atoms with Crippen LogP contribution in [0.3, 0.4) is 0 Å².